The standard InChI is InChI=1S/C12H11FO2/c13-12(8-15-9-12)11-5-3-10(4-6-11)2-1-7-14/h3-6,14H,7-9H2. The monoisotopic (exact) mass is 206 g/mol. The van der Waals surface area contributed by atoms with Gasteiger partial charge in [-0.15, -0.1) is 0 Å². The highest BCUT2D eigenvalue weighted by atomic mass is 19.1. The lowest BCUT2D eigenvalue weighted by atomic mass is 9.93. The summed E-state index contributed by atoms with van der Waals surface area (Å²) in [5.41, 5.74) is 0.0862. The van der Waals surface area contributed by atoms with Crippen LogP contribution in [0.3, 0.4) is 0 Å². The summed E-state index contributed by atoms with van der Waals surface area (Å²) in [6.45, 7) is 0.103. The van der Waals surface area contributed by atoms with E-state index in [0.29, 0.717) is 5.56 Å². The highest BCUT2D eigenvalue weighted by molar-refractivity contribution is 5.38. The van der Waals surface area contributed by atoms with E-state index in [1.54, 1.807) is 24.3 Å². The molecule has 0 atom stereocenters. The summed E-state index contributed by atoms with van der Waals surface area (Å²) < 4.78 is 18.7. The van der Waals surface area contributed by atoms with Gasteiger partial charge < -0.3 is 9.84 Å². The summed E-state index contributed by atoms with van der Waals surface area (Å²) in [6.07, 6.45) is 0. The van der Waals surface area contributed by atoms with Gasteiger partial charge in [-0.1, -0.05) is 24.0 Å². The highest BCUT2D eigenvalue weighted by Crippen LogP contribution is 2.33. The fourth-order valence-corrected chi connectivity index (χ4v) is 1.44. The molecule has 0 spiro atoms. The van der Waals surface area contributed by atoms with Crippen molar-refractivity contribution in [1.29, 1.82) is 0 Å². The number of alkyl halides is 1. The van der Waals surface area contributed by atoms with Crippen molar-refractivity contribution >= 4 is 0 Å². The molecule has 1 aliphatic rings. The zero-order valence-corrected chi connectivity index (χ0v) is 8.16. The first-order valence-corrected chi connectivity index (χ1v) is 4.71. The maximum Gasteiger partial charge on any atom is 0.182 e. The summed E-state index contributed by atoms with van der Waals surface area (Å²) in [5, 5.41) is 8.51. The van der Waals surface area contributed by atoms with E-state index in [1.807, 2.05) is 0 Å². The zero-order chi connectivity index (χ0) is 10.7. The average Bonchev–Trinajstić information content (AvgIpc) is 2.24. The van der Waals surface area contributed by atoms with Crippen LogP contribution >= 0.6 is 0 Å². The molecule has 2 rings (SSSR count). The Morgan fingerprint density at radius 3 is 2.47 bits per heavy atom. The minimum Gasteiger partial charge on any atom is -0.384 e. The van der Waals surface area contributed by atoms with Crippen LogP contribution in [0.5, 0.6) is 0 Å². The van der Waals surface area contributed by atoms with Crippen LogP contribution in [0.15, 0.2) is 24.3 Å². The van der Waals surface area contributed by atoms with Crippen molar-refractivity contribution in [3.05, 3.63) is 35.4 Å². The Balaban J connectivity index is 2.17. The van der Waals surface area contributed by atoms with E-state index in [1.165, 1.54) is 0 Å². The quantitative estimate of drug-likeness (QED) is 0.700. The van der Waals surface area contributed by atoms with Gasteiger partial charge in [0.25, 0.3) is 0 Å². The Kier molecular flexibility index (Phi) is 2.72. The minimum atomic E-state index is -1.32. The molecule has 1 aromatic carbocycles. The second-order valence-corrected chi connectivity index (χ2v) is 3.50. The van der Waals surface area contributed by atoms with E-state index in [2.05, 4.69) is 11.8 Å². The molecular formula is C12H11FO2. The smallest absolute Gasteiger partial charge is 0.182 e. The summed E-state index contributed by atoms with van der Waals surface area (Å²) in [7, 11) is 0. The third-order valence-electron chi connectivity index (χ3n) is 2.38. The van der Waals surface area contributed by atoms with Crippen molar-refractivity contribution in [2.75, 3.05) is 19.8 Å². The Morgan fingerprint density at radius 2 is 2.00 bits per heavy atom. The molecule has 15 heavy (non-hydrogen) atoms. The molecule has 0 radical (unpaired) electrons. The average molecular weight is 206 g/mol. The Labute approximate surface area is 87.7 Å². The predicted molar refractivity (Wildman–Crippen MR) is 54.0 cm³/mol. The molecule has 0 aliphatic carbocycles. The van der Waals surface area contributed by atoms with Crippen LogP contribution in [0.25, 0.3) is 0 Å². The molecule has 78 valence electrons. The van der Waals surface area contributed by atoms with E-state index >= 15 is 0 Å². The third kappa shape index (κ3) is 2.01. The summed E-state index contributed by atoms with van der Waals surface area (Å²) >= 11 is 0. The van der Waals surface area contributed by atoms with Crippen molar-refractivity contribution in [3.63, 3.8) is 0 Å². The fraction of sp³-hybridized carbons (Fsp3) is 0.333. The summed E-state index contributed by atoms with van der Waals surface area (Å²) in [6, 6.07) is 6.92. The van der Waals surface area contributed by atoms with Crippen LogP contribution in [0.4, 0.5) is 4.39 Å². The van der Waals surface area contributed by atoms with E-state index in [0.717, 1.165) is 5.56 Å². The first-order valence-electron chi connectivity index (χ1n) is 4.71. The number of rotatable bonds is 1. The van der Waals surface area contributed by atoms with Crippen LogP contribution in [0.1, 0.15) is 11.1 Å². The van der Waals surface area contributed by atoms with Crippen LogP contribution in [0, 0.1) is 11.8 Å². The Morgan fingerprint density at radius 1 is 1.33 bits per heavy atom. The van der Waals surface area contributed by atoms with E-state index in [9.17, 15) is 4.39 Å². The molecule has 1 aromatic rings. The largest absolute Gasteiger partial charge is 0.384 e. The van der Waals surface area contributed by atoms with Gasteiger partial charge in [0.05, 0.1) is 13.2 Å². The lowest BCUT2D eigenvalue weighted by Crippen LogP contribution is -2.42. The molecule has 0 bridgehead atoms. The highest BCUT2D eigenvalue weighted by Gasteiger charge is 2.40. The lowest BCUT2D eigenvalue weighted by molar-refractivity contribution is -0.135. The van der Waals surface area contributed by atoms with Gasteiger partial charge >= 0.3 is 0 Å². The first kappa shape index (κ1) is 10.2. The number of benzene rings is 1. The molecule has 0 amide bonds. The molecule has 1 heterocycles. The SMILES string of the molecule is OCC#Cc1ccc(C2(F)COC2)cc1. The minimum absolute atomic E-state index is 0.134. The number of ether oxygens (including phenoxy) is 1. The summed E-state index contributed by atoms with van der Waals surface area (Å²) in [4.78, 5) is 0. The van der Waals surface area contributed by atoms with E-state index in [4.69, 9.17) is 9.84 Å². The maximum atomic E-state index is 13.8. The van der Waals surface area contributed by atoms with Crippen LogP contribution in [-0.2, 0) is 10.4 Å². The summed E-state index contributed by atoms with van der Waals surface area (Å²) in [5.74, 6) is 5.29. The molecule has 0 unspecified atom stereocenters. The molecule has 1 N–H and O–H groups in total. The van der Waals surface area contributed by atoms with E-state index < -0.39 is 5.67 Å². The van der Waals surface area contributed by atoms with E-state index in [-0.39, 0.29) is 19.8 Å². The van der Waals surface area contributed by atoms with Gasteiger partial charge in [0.15, 0.2) is 5.67 Å². The van der Waals surface area contributed by atoms with Crippen molar-refractivity contribution < 1.29 is 14.2 Å². The molecule has 3 heteroatoms. The number of hydrogen-bond acceptors (Lipinski definition) is 2. The molecule has 2 nitrogen and oxygen atoms in total. The molecule has 1 saturated heterocycles. The number of aliphatic hydroxyl groups excluding tert-OH is 1. The lowest BCUT2D eigenvalue weighted by Gasteiger charge is -2.34. The molecular weight excluding hydrogens is 195 g/mol. The predicted octanol–water partition coefficient (Wildman–Crippen LogP) is 1.23. The normalized spacial score (nSPS) is 17.5. The van der Waals surface area contributed by atoms with Gasteiger partial charge in [0.1, 0.15) is 6.61 Å². The van der Waals surface area contributed by atoms with Crippen molar-refractivity contribution in [2.45, 2.75) is 5.67 Å². The van der Waals surface area contributed by atoms with Gasteiger partial charge in [-0.2, -0.15) is 0 Å². The van der Waals surface area contributed by atoms with Gasteiger partial charge in [-0.25, -0.2) is 4.39 Å². The number of halogens is 1. The molecule has 1 aliphatic heterocycles. The van der Waals surface area contributed by atoms with Crippen molar-refractivity contribution in [1.82, 2.24) is 0 Å². The van der Waals surface area contributed by atoms with Crippen molar-refractivity contribution in [3.8, 4) is 11.8 Å². The zero-order valence-electron chi connectivity index (χ0n) is 8.16. The topological polar surface area (TPSA) is 29.5 Å². The van der Waals surface area contributed by atoms with Gasteiger partial charge in [-0.3, -0.25) is 0 Å². The van der Waals surface area contributed by atoms with Crippen LogP contribution in [0.2, 0.25) is 0 Å². The van der Waals surface area contributed by atoms with Gasteiger partial charge in [0, 0.05) is 5.56 Å². The van der Waals surface area contributed by atoms with Crippen LogP contribution in [-0.4, -0.2) is 24.9 Å². The van der Waals surface area contributed by atoms with Gasteiger partial charge in [-0.05, 0) is 17.7 Å². The third-order valence-corrected chi connectivity index (χ3v) is 2.38. The second-order valence-electron chi connectivity index (χ2n) is 3.50. The van der Waals surface area contributed by atoms with Crippen molar-refractivity contribution in [2.24, 2.45) is 0 Å². The van der Waals surface area contributed by atoms with Gasteiger partial charge in [0.2, 0.25) is 0 Å². The Hall–Kier alpha value is -1.37. The molecule has 0 aromatic heterocycles. The second kappa shape index (κ2) is 4.01. The number of hydrogen-bond donors (Lipinski definition) is 1. The fourth-order valence-electron chi connectivity index (χ4n) is 1.44. The molecule has 0 saturated carbocycles. The first-order chi connectivity index (χ1) is 7.24. The van der Waals surface area contributed by atoms with Crippen LogP contribution < -0.4 is 0 Å². The maximum absolute atomic E-state index is 13.8. The number of aliphatic hydroxyl groups is 1. The Bertz CT molecular complexity index is 396. The molecule has 1 fully saturated rings.